The first-order valence-corrected chi connectivity index (χ1v) is 13.2. The summed E-state index contributed by atoms with van der Waals surface area (Å²) in [6.07, 6.45) is 3.78. The molecule has 0 radical (unpaired) electrons. The summed E-state index contributed by atoms with van der Waals surface area (Å²) in [6, 6.07) is 17.8. The van der Waals surface area contributed by atoms with Gasteiger partial charge in [0, 0.05) is 38.3 Å². The summed E-state index contributed by atoms with van der Waals surface area (Å²) >= 11 is 0. The van der Waals surface area contributed by atoms with E-state index < -0.39 is 0 Å². The Morgan fingerprint density at radius 3 is 2.30 bits per heavy atom. The lowest BCUT2D eigenvalue weighted by Crippen LogP contribution is -2.40. The molecule has 2 aromatic heterocycles. The topological polar surface area (TPSA) is 88.1 Å². The van der Waals surface area contributed by atoms with E-state index in [0.29, 0.717) is 6.54 Å². The Bertz CT molecular complexity index is 1350. The van der Waals surface area contributed by atoms with Crippen LogP contribution >= 0.6 is 0 Å². The molecule has 0 saturated carbocycles. The van der Waals surface area contributed by atoms with Crippen molar-refractivity contribution in [2.45, 2.75) is 51.9 Å². The summed E-state index contributed by atoms with van der Waals surface area (Å²) in [6.45, 7) is 7.56. The zero-order valence-electron chi connectivity index (χ0n) is 22.4. The molecule has 2 aromatic carbocycles. The molecule has 0 spiro atoms. The largest absolute Gasteiger partial charge is 0.364 e. The van der Waals surface area contributed by atoms with Crippen molar-refractivity contribution in [1.82, 2.24) is 24.4 Å². The second-order valence-electron chi connectivity index (χ2n) is 10.5. The average molecular weight is 499 g/mol. The smallest absolute Gasteiger partial charge is 0.229 e. The summed E-state index contributed by atoms with van der Waals surface area (Å²) in [5.41, 5.74) is 12.8. The molecule has 8 heteroatoms. The first-order valence-electron chi connectivity index (χ1n) is 13.2. The van der Waals surface area contributed by atoms with E-state index in [2.05, 4.69) is 96.2 Å². The van der Waals surface area contributed by atoms with Crippen LogP contribution in [0.15, 0.2) is 54.9 Å². The Kier molecular flexibility index (Phi) is 7.39. The number of piperidine rings is 1. The van der Waals surface area contributed by atoms with Gasteiger partial charge in [-0.1, -0.05) is 48.5 Å². The zero-order chi connectivity index (χ0) is 25.9. The van der Waals surface area contributed by atoms with E-state index in [1.165, 1.54) is 22.3 Å². The van der Waals surface area contributed by atoms with Crippen molar-refractivity contribution in [2.75, 3.05) is 37.4 Å². The van der Waals surface area contributed by atoms with Crippen molar-refractivity contribution < 1.29 is 0 Å². The Labute approximate surface area is 219 Å². The normalized spacial score (nSPS) is 14.7. The van der Waals surface area contributed by atoms with E-state index >= 15 is 0 Å². The van der Waals surface area contributed by atoms with E-state index in [-0.39, 0.29) is 12.1 Å². The highest BCUT2D eigenvalue weighted by molar-refractivity contribution is 5.84. The van der Waals surface area contributed by atoms with Crippen LogP contribution in [0.25, 0.3) is 22.3 Å². The maximum absolute atomic E-state index is 6.16. The molecule has 1 aliphatic rings. The lowest BCUT2D eigenvalue weighted by Gasteiger charge is -2.30. The van der Waals surface area contributed by atoms with Gasteiger partial charge in [0.05, 0.1) is 6.33 Å². The molecule has 5 rings (SSSR count). The number of anilines is 2. The predicted molar refractivity (Wildman–Crippen MR) is 152 cm³/mol. The van der Waals surface area contributed by atoms with Crippen LogP contribution in [0.5, 0.6) is 0 Å². The third-order valence-corrected chi connectivity index (χ3v) is 7.05. The van der Waals surface area contributed by atoms with Crippen molar-refractivity contribution in [3.8, 4) is 11.1 Å². The van der Waals surface area contributed by atoms with Gasteiger partial charge in [-0.3, -0.25) is 0 Å². The molecule has 0 unspecified atom stereocenters. The molecule has 0 atom stereocenters. The van der Waals surface area contributed by atoms with Gasteiger partial charge in [-0.05, 0) is 63.0 Å². The Hall–Kier alpha value is -3.49. The summed E-state index contributed by atoms with van der Waals surface area (Å²) in [4.78, 5) is 19.1. The third-order valence-electron chi connectivity index (χ3n) is 7.05. The molecule has 4 aromatic rings. The van der Waals surface area contributed by atoms with E-state index in [4.69, 9.17) is 20.7 Å². The molecule has 0 aliphatic carbocycles. The third kappa shape index (κ3) is 5.45. The van der Waals surface area contributed by atoms with Gasteiger partial charge in [0.1, 0.15) is 0 Å². The number of nitrogens with zero attached hydrogens (tertiary/aromatic N) is 6. The number of nitrogens with one attached hydrogen (secondary N) is 1. The quantitative estimate of drug-likeness (QED) is 0.365. The maximum Gasteiger partial charge on any atom is 0.229 e. The van der Waals surface area contributed by atoms with Gasteiger partial charge in [-0.25, -0.2) is 4.98 Å². The number of fused-ring (bicyclic) bond motifs is 1. The number of benzene rings is 2. The van der Waals surface area contributed by atoms with Gasteiger partial charge in [0.2, 0.25) is 5.95 Å². The van der Waals surface area contributed by atoms with Crippen LogP contribution in [-0.4, -0.2) is 57.6 Å². The highest BCUT2D eigenvalue weighted by atomic mass is 15.3. The molecular formula is C29H38N8. The highest BCUT2D eigenvalue weighted by Crippen LogP contribution is 2.30. The fraction of sp³-hybridized carbons (Fsp3) is 0.414. The number of hydrogen-bond acceptors (Lipinski definition) is 7. The van der Waals surface area contributed by atoms with Gasteiger partial charge < -0.3 is 25.4 Å². The van der Waals surface area contributed by atoms with Crippen LogP contribution in [0.2, 0.25) is 0 Å². The molecule has 1 aliphatic heterocycles. The fourth-order valence-electron chi connectivity index (χ4n) is 5.02. The first kappa shape index (κ1) is 25.2. The number of nitrogens with two attached hydrogens (primary N) is 1. The lowest BCUT2D eigenvalue weighted by atomic mass is 9.95. The molecule has 0 bridgehead atoms. The summed E-state index contributed by atoms with van der Waals surface area (Å²) in [5, 5.41) is 3.63. The predicted octanol–water partition coefficient (Wildman–Crippen LogP) is 4.68. The molecule has 1 fully saturated rings. The van der Waals surface area contributed by atoms with Crippen molar-refractivity contribution in [3.05, 3.63) is 66.0 Å². The van der Waals surface area contributed by atoms with Crippen molar-refractivity contribution in [1.29, 1.82) is 0 Å². The van der Waals surface area contributed by atoms with Gasteiger partial charge in [0.25, 0.3) is 0 Å². The highest BCUT2D eigenvalue weighted by Gasteiger charge is 2.22. The van der Waals surface area contributed by atoms with Crippen LogP contribution in [0.1, 0.15) is 43.9 Å². The van der Waals surface area contributed by atoms with E-state index in [9.17, 15) is 0 Å². The molecule has 0 amide bonds. The first-order chi connectivity index (χ1) is 17.9. The average Bonchev–Trinajstić information content (AvgIpc) is 3.33. The van der Waals surface area contributed by atoms with Crippen LogP contribution < -0.4 is 16.0 Å². The van der Waals surface area contributed by atoms with Crippen LogP contribution in [0.3, 0.4) is 0 Å². The van der Waals surface area contributed by atoms with Crippen LogP contribution in [0.4, 0.5) is 11.8 Å². The minimum Gasteiger partial charge on any atom is -0.364 e. The SMILES string of the molecule is CC(C)n1cnc2c(NCc3ccccc3-c3ccccc3CN(C)C)nc(N3CCC(N)CC3)nc21. The van der Waals surface area contributed by atoms with Gasteiger partial charge in [-0.2, -0.15) is 9.97 Å². The fourth-order valence-corrected chi connectivity index (χ4v) is 5.02. The maximum atomic E-state index is 6.16. The molecule has 194 valence electrons. The summed E-state index contributed by atoms with van der Waals surface area (Å²) in [7, 11) is 4.21. The summed E-state index contributed by atoms with van der Waals surface area (Å²) in [5.74, 6) is 1.51. The number of rotatable bonds is 8. The molecule has 3 heterocycles. The Morgan fingerprint density at radius 1 is 0.973 bits per heavy atom. The Balaban J connectivity index is 1.49. The molecule has 3 N–H and O–H groups in total. The number of aromatic nitrogens is 4. The lowest BCUT2D eigenvalue weighted by molar-refractivity contribution is 0.403. The Morgan fingerprint density at radius 2 is 1.62 bits per heavy atom. The van der Waals surface area contributed by atoms with Gasteiger partial charge in [0.15, 0.2) is 17.0 Å². The second-order valence-corrected chi connectivity index (χ2v) is 10.5. The molecule has 1 saturated heterocycles. The van der Waals surface area contributed by atoms with Crippen LogP contribution in [0, 0.1) is 0 Å². The minimum atomic E-state index is 0.254. The monoisotopic (exact) mass is 498 g/mol. The van der Waals surface area contributed by atoms with Crippen LogP contribution in [-0.2, 0) is 13.1 Å². The molecule has 37 heavy (non-hydrogen) atoms. The van der Waals surface area contributed by atoms with E-state index in [1.807, 2.05) is 6.33 Å². The van der Waals surface area contributed by atoms with Gasteiger partial charge in [-0.15, -0.1) is 0 Å². The summed E-state index contributed by atoms with van der Waals surface area (Å²) < 4.78 is 2.12. The van der Waals surface area contributed by atoms with E-state index in [0.717, 1.165) is 55.4 Å². The van der Waals surface area contributed by atoms with Gasteiger partial charge >= 0.3 is 0 Å². The van der Waals surface area contributed by atoms with Crippen molar-refractivity contribution in [2.24, 2.45) is 5.73 Å². The molecule has 8 nitrogen and oxygen atoms in total. The zero-order valence-corrected chi connectivity index (χ0v) is 22.4. The second kappa shape index (κ2) is 10.9. The standard InChI is InChI=1S/C29H38N8/c1-20(2)37-19-32-26-27(33-29(34-28(26)37)36-15-13-23(30)14-16-36)31-17-21-9-5-7-11-24(21)25-12-8-6-10-22(25)18-35(3)4/h5-12,19-20,23H,13-18,30H2,1-4H3,(H,31,33,34). The number of imidazole rings is 1. The number of hydrogen-bond donors (Lipinski definition) is 2. The van der Waals surface area contributed by atoms with Crippen molar-refractivity contribution >= 4 is 22.9 Å². The van der Waals surface area contributed by atoms with E-state index in [1.54, 1.807) is 0 Å². The molecular weight excluding hydrogens is 460 g/mol. The van der Waals surface area contributed by atoms with Crippen molar-refractivity contribution in [3.63, 3.8) is 0 Å². The minimum absolute atomic E-state index is 0.254.